The SMILES string of the molecule is C=C(C)C(=O)OC1(CC)C2CC3CC(C2)CC1C3.C=C(C)C(=O)OC1C2CC3C(=O)OC1C3C2. The molecule has 6 saturated carbocycles. The van der Waals surface area contributed by atoms with Gasteiger partial charge in [-0.2, -0.15) is 0 Å². The van der Waals surface area contributed by atoms with E-state index in [0.717, 1.165) is 31.1 Å². The van der Waals surface area contributed by atoms with Gasteiger partial charge in [-0.05, 0) is 88.9 Å². The second-order valence-corrected chi connectivity index (χ2v) is 11.8. The Kier molecular flexibility index (Phi) is 5.92. The van der Waals surface area contributed by atoms with Crippen LogP contribution in [0.15, 0.2) is 24.3 Å². The lowest BCUT2D eigenvalue weighted by molar-refractivity contribution is -0.207. The third-order valence-corrected chi connectivity index (χ3v) is 9.71. The van der Waals surface area contributed by atoms with Crippen molar-refractivity contribution in [1.82, 2.24) is 0 Å². The van der Waals surface area contributed by atoms with Crippen LogP contribution < -0.4 is 0 Å². The van der Waals surface area contributed by atoms with Crippen molar-refractivity contribution in [2.75, 3.05) is 0 Å². The second kappa shape index (κ2) is 8.53. The molecule has 0 spiro atoms. The summed E-state index contributed by atoms with van der Waals surface area (Å²) in [6, 6.07) is 0. The fourth-order valence-electron chi connectivity index (χ4n) is 8.35. The third-order valence-electron chi connectivity index (χ3n) is 9.71. The van der Waals surface area contributed by atoms with Crippen molar-refractivity contribution >= 4 is 17.9 Å². The highest BCUT2D eigenvalue weighted by molar-refractivity contribution is 5.87. The average Bonchev–Trinajstić information content (AvgIpc) is 3.41. The monoisotopic (exact) mass is 470 g/mol. The molecule has 6 nitrogen and oxygen atoms in total. The van der Waals surface area contributed by atoms with Crippen molar-refractivity contribution in [3.05, 3.63) is 24.3 Å². The summed E-state index contributed by atoms with van der Waals surface area (Å²) in [5, 5.41) is 0. The third kappa shape index (κ3) is 3.72. The Hall–Kier alpha value is -2.11. The molecule has 0 radical (unpaired) electrons. The molecule has 1 aliphatic heterocycles. The van der Waals surface area contributed by atoms with Gasteiger partial charge in [0.15, 0.2) is 0 Å². The topological polar surface area (TPSA) is 78.9 Å². The highest BCUT2D eigenvalue weighted by atomic mass is 16.6. The van der Waals surface area contributed by atoms with Gasteiger partial charge in [-0.1, -0.05) is 20.1 Å². The van der Waals surface area contributed by atoms with Gasteiger partial charge >= 0.3 is 17.9 Å². The van der Waals surface area contributed by atoms with Crippen LogP contribution in [0.25, 0.3) is 0 Å². The summed E-state index contributed by atoms with van der Waals surface area (Å²) in [6.07, 6.45) is 8.87. The number of rotatable bonds is 5. The quantitative estimate of drug-likeness (QED) is 0.327. The molecule has 0 aromatic rings. The number of hydrogen-bond acceptors (Lipinski definition) is 6. The average molecular weight is 471 g/mol. The van der Waals surface area contributed by atoms with Crippen molar-refractivity contribution in [2.24, 2.45) is 41.4 Å². The van der Waals surface area contributed by atoms with Crippen LogP contribution in [-0.4, -0.2) is 35.7 Å². The van der Waals surface area contributed by atoms with Gasteiger partial charge in [-0.3, -0.25) is 4.79 Å². The van der Waals surface area contributed by atoms with Crippen molar-refractivity contribution in [2.45, 2.75) is 89.9 Å². The van der Waals surface area contributed by atoms with E-state index in [2.05, 4.69) is 20.1 Å². The summed E-state index contributed by atoms with van der Waals surface area (Å²) in [5.41, 5.74) is 0.768. The van der Waals surface area contributed by atoms with E-state index >= 15 is 0 Å². The van der Waals surface area contributed by atoms with Gasteiger partial charge in [-0.15, -0.1) is 0 Å². The lowest BCUT2D eigenvalue weighted by Gasteiger charge is -2.60. The minimum absolute atomic E-state index is 0.0646. The van der Waals surface area contributed by atoms with E-state index in [9.17, 15) is 14.4 Å². The zero-order chi connectivity index (χ0) is 24.4. The molecule has 6 heteroatoms. The fourth-order valence-corrected chi connectivity index (χ4v) is 8.35. The molecule has 186 valence electrons. The van der Waals surface area contributed by atoms with E-state index in [4.69, 9.17) is 14.2 Å². The molecule has 5 atom stereocenters. The van der Waals surface area contributed by atoms with E-state index in [1.54, 1.807) is 13.8 Å². The summed E-state index contributed by atoms with van der Waals surface area (Å²) < 4.78 is 16.6. The van der Waals surface area contributed by atoms with E-state index in [1.807, 2.05) is 0 Å². The normalized spacial score (nSPS) is 44.2. The number of esters is 3. The van der Waals surface area contributed by atoms with Gasteiger partial charge < -0.3 is 14.2 Å². The highest BCUT2D eigenvalue weighted by Gasteiger charge is 2.63. The molecule has 6 aliphatic carbocycles. The first-order valence-electron chi connectivity index (χ1n) is 13.1. The van der Waals surface area contributed by atoms with Crippen molar-refractivity contribution in [1.29, 1.82) is 0 Å². The van der Waals surface area contributed by atoms with Crippen LogP contribution in [0, 0.1) is 41.4 Å². The zero-order valence-electron chi connectivity index (χ0n) is 20.7. The molecule has 34 heavy (non-hydrogen) atoms. The summed E-state index contributed by atoms with van der Waals surface area (Å²) in [7, 11) is 0. The van der Waals surface area contributed by atoms with Gasteiger partial charge in [-0.25, -0.2) is 9.59 Å². The van der Waals surface area contributed by atoms with Gasteiger partial charge in [0.1, 0.15) is 17.8 Å². The Labute approximate surface area is 202 Å². The van der Waals surface area contributed by atoms with Crippen LogP contribution in [0.4, 0.5) is 0 Å². The van der Waals surface area contributed by atoms with Gasteiger partial charge in [0.2, 0.25) is 0 Å². The highest BCUT2D eigenvalue weighted by Crippen LogP contribution is 2.60. The van der Waals surface area contributed by atoms with Crippen molar-refractivity contribution < 1.29 is 28.6 Å². The summed E-state index contributed by atoms with van der Waals surface area (Å²) in [6.45, 7) is 12.8. The molecule has 7 aliphatic rings. The summed E-state index contributed by atoms with van der Waals surface area (Å²) in [4.78, 5) is 34.9. The maximum absolute atomic E-state index is 12.0. The Morgan fingerprint density at radius 3 is 2.06 bits per heavy atom. The number of ether oxygens (including phenoxy) is 3. The van der Waals surface area contributed by atoms with Gasteiger partial charge in [0, 0.05) is 23.0 Å². The number of hydrogen-bond donors (Lipinski definition) is 0. The maximum atomic E-state index is 12.0. The first-order chi connectivity index (χ1) is 16.1. The van der Waals surface area contributed by atoms with Crippen LogP contribution in [0.2, 0.25) is 0 Å². The fraction of sp³-hybridized carbons (Fsp3) is 0.750. The van der Waals surface area contributed by atoms with Gasteiger partial charge in [0.25, 0.3) is 0 Å². The molecule has 6 bridgehead atoms. The Morgan fingerprint density at radius 2 is 1.53 bits per heavy atom. The minimum atomic E-state index is -0.378. The molecule has 1 saturated heterocycles. The van der Waals surface area contributed by atoms with Crippen LogP contribution in [0.3, 0.4) is 0 Å². The van der Waals surface area contributed by atoms with Crippen LogP contribution in [0.1, 0.15) is 72.1 Å². The summed E-state index contributed by atoms with van der Waals surface area (Å²) in [5.74, 6) is 3.04. The maximum Gasteiger partial charge on any atom is 0.333 e. The molecule has 7 fully saturated rings. The number of carbonyl (C=O) groups is 3. The second-order valence-electron chi connectivity index (χ2n) is 11.8. The van der Waals surface area contributed by atoms with E-state index in [0.29, 0.717) is 28.9 Å². The lowest BCUT2D eigenvalue weighted by atomic mass is 9.49. The molecule has 0 aromatic heterocycles. The molecule has 0 amide bonds. The standard InChI is InChI=1S/C16H24O2.C12H14O4/c1-4-16(18-15(17)10(2)3)13-6-11-5-12(8-13)9-14(16)7-11;1-5(2)11(13)15-9-6-3-7-8(4-6)12(14)16-10(7)9/h11-14H,2,4-9H2,1,3H3;6-10H,1,3-4H2,2H3. The molecular formula is C28H38O6. The first-order valence-corrected chi connectivity index (χ1v) is 13.1. The molecule has 1 heterocycles. The first kappa shape index (κ1) is 23.6. The molecule has 5 unspecified atom stereocenters. The minimum Gasteiger partial charge on any atom is -0.458 e. The molecule has 0 aromatic carbocycles. The largest absolute Gasteiger partial charge is 0.458 e. The van der Waals surface area contributed by atoms with Crippen LogP contribution in [0.5, 0.6) is 0 Å². The predicted octanol–water partition coefficient (Wildman–Crippen LogP) is 4.77. The zero-order valence-corrected chi connectivity index (χ0v) is 20.7. The smallest absolute Gasteiger partial charge is 0.333 e. The van der Waals surface area contributed by atoms with Gasteiger partial charge in [0.05, 0.1) is 5.92 Å². The summed E-state index contributed by atoms with van der Waals surface area (Å²) >= 11 is 0. The molecular weight excluding hydrogens is 432 g/mol. The molecule has 7 rings (SSSR count). The van der Waals surface area contributed by atoms with E-state index in [-0.39, 0.29) is 47.6 Å². The number of carbonyl (C=O) groups excluding carboxylic acids is 3. The van der Waals surface area contributed by atoms with E-state index in [1.165, 1.54) is 32.1 Å². The predicted molar refractivity (Wildman–Crippen MR) is 125 cm³/mol. The van der Waals surface area contributed by atoms with Crippen molar-refractivity contribution in [3.8, 4) is 0 Å². The lowest BCUT2D eigenvalue weighted by Crippen LogP contribution is -2.59. The van der Waals surface area contributed by atoms with Crippen molar-refractivity contribution in [3.63, 3.8) is 0 Å². The van der Waals surface area contributed by atoms with E-state index < -0.39 is 0 Å². The molecule has 0 N–H and O–H groups in total. The Balaban J connectivity index is 0.000000142. The number of fused-ring (bicyclic) bond motifs is 1. The van der Waals surface area contributed by atoms with Crippen LogP contribution in [-0.2, 0) is 28.6 Å². The Bertz CT molecular complexity index is 890. The Morgan fingerprint density at radius 1 is 0.941 bits per heavy atom. The van der Waals surface area contributed by atoms with Crippen LogP contribution >= 0.6 is 0 Å².